The molecule has 6 heteroatoms. The number of hydrogen-bond acceptors (Lipinski definition) is 4. The molecule has 0 radical (unpaired) electrons. The Balaban J connectivity index is 2.36. The van der Waals surface area contributed by atoms with Gasteiger partial charge in [0, 0.05) is 19.1 Å². The lowest BCUT2D eigenvalue weighted by molar-refractivity contribution is 0.263. The fraction of sp³-hybridized carbons (Fsp3) is 0.600. The van der Waals surface area contributed by atoms with Gasteiger partial charge in [-0.05, 0) is 44.1 Å². The molecule has 1 aromatic rings. The van der Waals surface area contributed by atoms with Crippen LogP contribution in [0, 0.1) is 12.8 Å². The molecular formula is C15H24N2O3S. The van der Waals surface area contributed by atoms with E-state index in [2.05, 4.69) is 11.8 Å². The maximum atomic E-state index is 12.9. The molecule has 1 aliphatic rings. The summed E-state index contributed by atoms with van der Waals surface area (Å²) in [5.41, 5.74) is 1.30. The van der Waals surface area contributed by atoms with Crippen LogP contribution in [0.25, 0.3) is 0 Å². The van der Waals surface area contributed by atoms with Crippen LogP contribution < -0.4 is 0 Å². The Hall–Kier alpha value is -0.950. The normalized spacial score (nSPS) is 23.9. The fourth-order valence-corrected chi connectivity index (χ4v) is 4.85. The van der Waals surface area contributed by atoms with Gasteiger partial charge >= 0.3 is 0 Å². The summed E-state index contributed by atoms with van der Waals surface area (Å²) in [5.74, 6) is 0.302. The Morgan fingerprint density at radius 3 is 2.52 bits per heavy atom. The van der Waals surface area contributed by atoms with Gasteiger partial charge in [0.25, 0.3) is 0 Å². The van der Waals surface area contributed by atoms with Gasteiger partial charge in [-0.15, -0.1) is 0 Å². The van der Waals surface area contributed by atoms with Gasteiger partial charge in [0.2, 0.25) is 10.0 Å². The molecule has 2 rings (SSSR count). The van der Waals surface area contributed by atoms with Gasteiger partial charge in [0.1, 0.15) is 0 Å². The average molecular weight is 312 g/mol. The lowest BCUT2D eigenvalue weighted by Crippen LogP contribution is -2.36. The molecule has 1 fully saturated rings. The Morgan fingerprint density at radius 2 is 2.00 bits per heavy atom. The predicted molar refractivity (Wildman–Crippen MR) is 82.5 cm³/mol. The first kappa shape index (κ1) is 16.4. The molecule has 0 amide bonds. The van der Waals surface area contributed by atoms with Crippen molar-refractivity contribution in [1.82, 2.24) is 9.21 Å². The molecule has 0 spiro atoms. The second-order valence-corrected chi connectivity index (χ2v) is 7.94. The Labute approximate surface area is 127 Å². The summed E-state index contributed by atoms with van der Waals surface area (Å²) in [5, 5.41) is 9.32. The monoisotopic (exact) mass is 312 g/mol. The Kier molecular flexibility index (Phi) is 4.72. The summed E-state index contributed by atoms with van der Waals surface area (Å²) in [4.78, 5) is 2.39. The van der Waals surface area contributed by atoms with Crippen LogP contribution in [0.1, 0.15) is 18.1 Å². The molecule has 5 nitrogen and oxygen atoms in total. The molecule has 2 unspecified atom stereocenters. The lowest BCUT2D eigenvalue weighted by atomic mass is 10.1. The van der Waals surface area contributed by atoms with Crippen molar-refractivity contribution < 1.29 is 13.5 Å². The van der Waals surface area contributed by atoms with Crippen LogP contribution in [0.5, 0.6) is 0 Å². The molecule has 0 aromatic heterocycles. The topological polar surface area (TPSA) is 60.9 Å². The highest BCUT2D eigenvalue weighted by atomic mass is 32.2. The van der Waals surface area contributed by atoms with E-state index in [-0.39, 0.29) is 12.6 Å². The highest BCUT2D eigenvalue weighted by Gasteiger charge is 2.38. The third-order valence-electron chi connectivity index (χ3n) is 4.39. The van der Waals surface area contributed by atoms with Crippen LogP contribution in [-0.4, -0.2) is 56.0 Å². The van der Waals surface area contributed by atoms with Gasteiger partial charge in [0.05, 0.1) is 11.5 Å². The minimum Gasteiger partial charge on any atom is -0.392 e. The van der Waals surface area contributed by atoms with Gasteiger partial charge in [-0.25, -0.2) is 8.42 Å². The molecule has 21 heavy (non-hydrogen) atoms. The van der Waals surface area contributed by atoms with Crippen LogP contribution >= 0.6 is 0 Å². The van der Waals surface area contributed by atoms with E-state index in [1.165, 1.54) is 0 Å². The number of likely N-dealkylation sites (N-methyl/N-ethyl adjacent to an activating group) is 1. The highest BCUT2D eigenvalue weighted by molar-refractivity contribution is 7.89. The van der Waals surface area contributed by atoms with Crippen molar-refractivity contribution in [2.75, 3.05) is 27.2 Å². The van der Waals surface area contributed by atoms with Crippen molar-refractivity contribution in [2.45, 2.75) is 31.4 Å². The maximum absolute atomic E-state index is 12.9. The Morgan fingerprint density at radius 1 is 1.33 bits per heavy atom. The first-order valence-corrected chi connectivity index (χ1v) is 8.59. The molecule has 1 aliphatic heterocycles. The number of nitrogens with zero attached hydrogens (tertiary/aromatic N) is 2. The lowest BCUT2D eigenvalue weighted by Gasteiger charge is -2.22. The summed E-state index contributed by atoms with van der Waals surface area (Å²) in [6, 6.07) is 5.30. The SMILES string of the molecule is Cc1c(CO)cccc1S(=O)(=O)N1CC(C)C(N(C)C)C1. The van der Waals surface area contributed by atoms with Crippen molar-refractivity contribution in [1.29, 1.82) is 0 Å². The summed E-state index contributed by atoms with van der Waals surface area (Å²) < 4.78 is 27.3. The smallest absolute Gasteiger partial charge is 0.243 e. The van der Waals surface area contributed by atoms with Crippen molar-refractivity contribution >= 4 is 10.0 Å². The molecule has 0 aliphatic carbocycles. The van der Waals surface area contributed by atoms with E-state index >= 15 is 0 Å². The number of hydrogen-bond donors (Lipinski definition) is 1. The zero-order valence-electron chi connectivity index (χ0n) is 13.1. The van der Waals surface area contributed by atoms with Crippen LogP contribution in [-0.2, 0) is 16.6 Å². The van der Waals surface area contributed by atoms with E-state index in [0.717, 1.165) is 0 Å². The summed E-state index contributed by atoms with van der Waals surface area (Å²) >= 11 is 0. The first-order chi connectivity index (χ1) is 9.78. The Bertz CT molecular complexity index is 613. The summed E-state index contributed by atoms with van der Waals surface area (Å²) in [6.45, 7) is 4.73. The molecular weight excluding hydrogens is 288 g/mol. The number of benzene rings is 1. The average Bonchev–Trinajstić information content (AvgIpc) is 2.81. The quantitative estimate of drug-likeness (QED) is 0.903. The molecule has 0 saturated carbocycles. The van der Waals surface area contributed by atoms with Crippen LogP contribution in [0.2, 0.25) is 0 Å². The van der Waals surface area contributed by atoms with Crippen LogP contribution in [0.15, 0.2) is 23.1 Å². The van der Waals surface area contributed by atoms with Gasteiger partial charge < -0.3 is 10.0 Å². The number of aliphatic hydroxyl groups excluding tert-OH is 1. The largest absolute Gasteiger partial charge is 0.392 e. The van der Waals surface area contributed by atoms with Crippen LogP contribution in [0.4, 0.5) is 0 Å². The summed E-state index contributed by atoms with van der Waals surface area (Å²) in [6.07, 6.45) is 0. The second-order valence-electron chi connectivity index (χ2n) is 6.03. The zero-order valence-corrected chi connectivity index (χ0v) is 13.9. The minimum absolute atomic E-state index is 0.147. The van der Waals surface area contributed by atoms with Crippen molar-refractivity contribution in [2.24, 2.45) is 5.92 Å². The van der Waals surface area contributed by atoms with E-state index in [1.807, 2.05) is 14.1 Å². The fourth-order valence-electron chi connectivity index (χ4n) is 3.02. The highest BCUT2D eigenvalue weighted by Crippen LogP contribution is 2.29. The first-order valence-electron chi connectivity index (χ1n) is 7.15. The molecule has 1 heterocycles. The number of aliphatic hydroxyl groups is 1. The predicted octanol–water partition coefficient (Wildman–Crippen LogP) is 1.06. The van der Waals surface area contributed by atoms with Gasteiger partial charge in [-0.2, -0.15) is 4.31 Å². The third-order valence-corrected chi connectivity index (χ3v) is 6.36. The minimum atomic E-state index is -3.51. The van der Waals surface area contributed by atoms with Gasteiger partial charge in [-0.1, -0.05) is 19.1 Å². The number of sulfonamides is 1. The van der Waals surface area contributed by atoms with Crippen molar-refractivity contribution in [3.8, 4) is 0 Å². The van der Waals surface area contributed by atoms with E-state index in [9.17, 15) is 13.5 Å². The molecule has 1 N–H and O–H groups in total. The molecule has 1 aromatic carbocycles. The summed E-state index contributed by atoms with van der Waals surface area (Å²) in [7, 11) is 0.456. The van der Waals surface area contributed by atoms with E-state index in [1.54, 1.807) is 29.4 Å². The third kappa shape index (κ3) is 2.99. The van der Waals surface area contributed by atoms with E-state index in [4.69, 9.17) is 0 Å². The van der Waals surface area contributed by atoms with E-state index < -0.39 is 10.0 Å². The van der Waals surface area contributed by atoms with Crippen LogP contribution in [0.3, 0.4) is 0 Å². The number of rotatable bonds is 4. The van der Waals surface area contributed by atoms with Gasteiger partial charge in [-0.3, -0.25) is 0 Å². The second kappa shape index (κ2) is 6.04. The zero-order chi connectivity index (χ0) is 15.8. The molecule has 118 valence electrons. The van der Waals surface area contributed by atoms with Gasteiger partial charge in [0.15, 0.2) is 0 Å². The maximum Gasteiger partial charge on any atom is 0.243 e. The van der Waals surface area contributed by atoms with E-state index in [0.29, 0.717) is 35.0 Å². The molecule has 1 saturated heterocycles. The van der Waals surface area contributed by atoms with Crippen molar-refractivity contribution in [3.05, 3.63) is 29.3 Å². The molecule has 0 bridgehead atoms. The standard InChI is InChI=1S/C15H24N2O3S/c1-11-8-17(9-14(11)16(3)4)21(19,20)15-7-5-6-13(10-18)12(15)2/h5-7,11,14,18H,8-10H2,1-4H3. The van der Waals surface area contributed by atoms with Crippen molar-refractivity contribution in [3.63, 3.8) is 0 Å². The molecule has 2 atom stereocenters.